The summed E-state index contributed by atoms with van der Waals surface area (Å²) in [7, 11) is 0. The van der Waals surface area contributed by atoms with Crippen molar-refractivity contribution in [3.63, 3.8) is 0 Å². The Morgan fingerprint density at radius 2 is 2.20 bits per heavy atom. The fourth-order valence-corrected chi connectivity index (χ4v) is 3.79. The summed E-state index contributed by atoms with van der Waals surface area (Å²) < 4.78 is 5.84. The summed E-state index contributed by atoms with van der Waals surface area (Å²) in [5.74, 6) is 0. The van der Waals surface area contributed by atoms with Crippen molar-refractivity contribution in [2.75, 3.05) is 13.2 Å². The molecule has 1 aromatic heterocycles. The molecule has 0 aliphatic carbocycles. The van der Waals surface area contributed by atoms with E-state index in [9.17, 15) is 0 Å². The largest absolute Gasteiger partial charge is 0.378 e. The summed E-state index contributed by atoms with van der Waals surface area (Å²) in [5, 5.41) is 4.78. The van der Waals surface area contributed by atoms with Gasteiger partial charge in [-0.3, -0.25) is 0 Å². The van der Waals surface area contributed by atoms with E-state index in [0.29, 0.717) is 6.10 Å². The van der Waals surface area contributed by atoms with E-state index >= 15 is 0 Å². The van der Waals surface area contributed by atoms with Crippen LogP contribution in [0.1, 0.15) is 61.5 Å². The molecule has 0 radical (unpaired) electrons. The molecule has 0 spiro atoms. The highest BCUT2D eigenvalue weighted by atomic mass is 32.1. The van der Waals surface area contributed by atoms with Gasteiger partial charge < -0.3 is 10.1 Å². The molecule has 1 unspecified atom stereocenters. The maximum absolute atomic E-state index is 5.84. The van der Waals surface area contributed by atoms with Crippen molar-refractivity contribution in [2.24, 2.45) is 0 Å². The molecule has 2 heterocycles. The van der Waals surface area contributed by atoms with Gasteiger partial charge in [-0.25, -0.2) is 4.98 Å². The van der Waals surface area contributed by atoms with Gasteiger partial charge in [0.25, 0.3) is 0 Å². The lowest BCUT2D eigenvalue weighted by Gasteiger charge is -2.21. The van der Waals surface area contributed by atoms with E-state index in [2.05, 4.69) is 19.2 Å². The van der Waals surface area contributed by atoms with Gasteiger partial charge in [0, 0.05) is 24.4 Å². The van der Waals surface area contributed by atoms with Gasteiger partial charge in [0.15, 0.2) is 0 Å². The molecule has 1 N–H and O–H groups in total. The van der Waals surface area contributed by atoms with Crippen molar-refractivity contribution in [3.8, 4) is 0 Å². The fourth-order valence-electron chi connectivity index (χ4n) is 2.64. The highest BCUT2D eigenvalue weighted by Gasteiger charge is 2.18. The second-order valence-electron chi connectivity index (χ2n) is 5.60. The highest BCUT2D eigenvalue weighted by molar-refractivity contribution is 7.11. The molecule has 114 valence electrons. The molecule has 2 rings (SSSR count). The molecule has 4 heteroatoms. The van der Waals surface area contributed by atoms with Crippen LogP contribution in [0.5, 0.6) is 0 Å². The first-order valence-electron chi connectivity index (χ1n) is 8.13. The molecule has 1 atom stereocenters. The quantitative estimate of drug-likeness (QED) is 0.743. The first kappa shape index (κ1) is 15.9. The van der Waals surface area contributed by atoms with Crippen LogP contribution in [0, 0.1) is 0 Å². The Labute approximate surface area is 127 Å². The molecule has 1 aliphatic heterocycles. The van der Waals surface area contributed by atoms with Crippen molar-refractivity contribution in [3.05, 3.63) is 15.6 Å². The first-order chi connectivity index (χ1) is 9.83. The number of hydrogen-bond donors (Lipinski definition) is 1. The van der Waals surface area contributed by atoms with E-state index in [1.165, 1.54) is 47.7 Å². The summed E-state index contributed by atoms with van der Waals surface area (Å²) in [6.07, 6.45) is 8.60. The molecule has 20 heavy (non-hydrogen) atoms. The number of nitrogens with one attached hydrogen (secondary N) is 1. The molecule has 0 amide bonds. The summed E-state index contributed by atoms with van der Waals surface area (Å²) in [6.45, 7) is 7.44. The molecular weight excluding hydrogens is 268 g/mol. The fraction of sp³-hybridized carbons (Fsp3) is 0.812. The predicted octanol–water partition coefficient (Wildman–Crippen LogP) is 3.71. The maximum Gasteiger partial charge on any atom is 0.0957 e. The van der Waals surface area contributed by atoms with Crippen LogP contribution in [0.3, 0.4) is 0 Å². The lowest BCUT2D eigenvalue weighted by molar-refractivity contribution is 0.0167. The lowest BCUT2D eigenvalue weighted by atomic mass is 10.1. The lowest BCUT2D eigenvalue weighted by Crippen LogP contribution is -2.21. The summed E-state index contributed by atoms with van der Waals surface area (Å²) in [6, 6.07) is 0. The van der Waals surface area contributed by atoms with Gasteiger partial charge in [-0.05, 0) is 38.6 Å². The van der Waals surface area contributed by atoms with Crippen molar-refractivity contribution in [2.45, 2.75) is 71.4 Å². The number of aromatic nitrogens is 1. The number of rotatable bonds is 8. The zero-order chi connectivity index (χ0) is 14.2. The Kier molecular flexibility index (Phi) is 6.97. The van der Waals surface area contributed by atoms with Gasteiger partial charge >= 0.3 is 0 Å². The van der Waals surface area contributed by atoms with Gasteiger partial charge in [-0.2, -0.15) is 0 Å². The predicted molar refractivity (Wildman–Crippen MR) is 85.4 cm³/mol. The van der Waals surface area contributed by atoms with E-state index in [1.54, 1.807) is 0 Å². The molecule has 0 bridgehead atoms. The Bertz CT molecular complexity index is 386. The number of hydrogen-bond acceptors (Lipinski definition) is 4. The molecule has 0 saturated carbocycles. The Balaban J connectivity index is 1.95. The second-order valence-corrected chi connectivity index (χ2v) is 6.77. The second kappa shape index (κ2) is 8.75. The minimum atomic E-state index is 0.404. The van der Waals surface area contributed by atoms with Crippen LogP contribution in [0.4, 0.5) is 0 Å². The maximum atomic E-state index is 5.84. The van der Waals surface area contributed by atoms with Gasteiger partial charge in [0.05, 0.1) is 16.8 Å². The van der Waals surface area contributed by atoms with Gasteiger partial charge in [-0.1, -0.05) is 20.3 Å². The molecule has 1 saturated heterocycles. The van der Waals surface area contributed by atoms with Crippen molar-refractivity contribution < 1.29 is 4.74 Å². The number of aryl methyl sites for hydroxylation is 1. The van der Waals surface area contributed by atoms with Crippen LogP contribution < -0.4 is 5.32 Å². The number of thiazole rings is 1. The molecule has 3 nitrogen and oxygen atoms in total. The topological polar surface area (TPSA) is 34.1 Å². The Morgan fingerprint density at radius 1 is 1.30 bits per heavy atom. The zero-order valence-corrected chi connectivity index (χ0v) is 13.7. The van der Waals surface area contributed by atoms with E-state index in [1.807, 2.05) is 11.3 Å². The third-order valence-corrected chi connectivity index (χ3v) is 4.82. The molecular formula is C16H28N2OS. The average Bonchev–Trinajstić information content (AvgIpc) is 2.83. The monoisotopic (exact) mass is 296 g/mol. The van der Waals surface area contributed by atoms with Gasteiger partial charge in [0.1, 0.15) is 0 Å². The molecule has 1 aromatic rings. The van der Waals surface area contributed by atoms with E-state index in [-0.39, 0.29) is 0 Å². The van der Waals surface area contributed by atoms with Crippen LogP contribution in [-0.4, -0.2) is 24.2 Å². The van der Waals surface area contributed by atoms with E-state index < -0.39 is 0 Å². The van der Waals surface area contributed by atoms with Crippen molar-refractivity contribution >= 4 is 11.3 Å². The average molecular weight is 296 g/mol. The van der Waals surface area contributed by atoms with Crippen LogP contribution >= 0.6 is 11.3 Å². The first-order valence-corrected chi connectivity index (χ1v) is 8.94. The minimum Gasteiger partial charge on any atom is -0.378 e. The van der Waals surface area contributed by atoms with Gasteiger partial charge in [0.2, 0.25) is 0 Å². The van der Waals surface area contributed by atoms with Crippen LogP contribution in [0.2, 0.25) is 0 Å². The van der Waals surface area contributed by atoms with Crippen LogP contribution in [0.15, 0.2) is 0 Å². The third kappa shape index (κ3) is 4.83. The Hall–Kier alpha value is -0.450. The zero-order valence-electron chi connectivity index (χ0n) is 12.9. The van der Waals surface area contributed by atoms with E-state index in [4.69, 9.17) is 9.72 Å². The third-order valence-electron chi connectivity index (χ3n) is 3.70. The van der Waals surface area contributed by atoms with Crippen molar-refractivity contribution in [1.29, 1.82) is 0 Å². The summed E-state index contributed by atoms with van der Waals surface area (Å²) in [5.41, 5.74) is 1.31. The molecule has 1 fully saturated rings. The Morgan fingerprint density at radius 3 is 2.90 bits per heavy atom. The number of ether oxygens (including phenoxy) is 1. The van der Waals surface area contributed by atoms with Crippen LogP contribution in [-0.2, 0) is 24.1 Å². The smallest absolute Gasteiger partial charge is 0.0957 e. The summed E-state index contributed by atoms with van der Waals surface area (Å²) in [4.78, 5) is 6.31. The molecule has 1 aliphatic rings. The SMILES string of the molecule is CCCNCc1sc(CC2CCCCO2)nc1CCC. The number of nitrogens with zero attached hydrogens (tertiary/aromatic N) is 1. The standard InChI is InChI=1S/C16H28N2OS/c1-3-7-14-15(12-17-9-4-2)20-16(18-14)11-13-8-5-6-10-19-13/h13,17H,3-12H2,1-2H3. The molecule has 0 aromatic carbocycles. The van der Waals surface area contributed by atoms with Crippen molar-refractivity contribution in [1.82, 2.24) is 10.3 Å². The highest BCUT2D eigenvalue weighted by Crippen LogP contribution is 2.24. The van der Waals surface area contributed by atoms with E-state index in [0.717, 1.165) is 32.5 Å². The summed E-state index contributed by atoms with van der Waals surface area (Å²) >= 11 is 1.89. The van der Waals surface area contributed by atoms with Gasteiger partial charge in [-0.15, -0.1) is 11.3 Å². The minimum absolute atomic E-state index is 0.404. The normalized spacial score (nSPS) is 19.4. The van der Waals surface area contributed by atoms with Crippen LogP contribution in [0.25, 0.3) is 0 Å².